The average Bonchev–Trinajstić information content (AvgIpc) is 2.86. The quantitative estimate of drug-likeness (QED) is 0.771. The lowest BCUT2D eigenvalue weighted by molar-refractivity contribution is 0.407. The van der Waals surface area contributed by atoms with Crippen LogP contribution in [0.15, 0.2) is 11.6 Å². The average molecular weight is 280 g/mol. The van der Waals surface area contributed by atoms with E-state index in [1.54, 1.807) is 11.3 Å². The number of hydrogen-bond acceptors (Lipinski definition) is 3. The zero-order valence-corrected chi connectivity index (χ0v) is 13.2. The monoisotopic (exact) mass is 280 g/mol. The third-order valence-electron chi connectivity index (χ3n) is 4.37. The van der Waals surface area contributed by atoms with Gasteiger partial charge in [0.15, 0.2) is 0 Å². The molecule has 3 unspecified atom stereocenters. The lowest BCUT2D eigenvalue weighted by atomic mass is 9.95. The molecule has 3 atom stereocenters. The highest BCUT2D eigenvalue weighted by atomic mass is 32.1. The van der Waals surface area contributed by atoms with E-state index in [0.29, 0.717) is 5.92 Å². The van der Waals surface area contributed by atoms with Gasteiger partial charge in [0.2, 0.25) is 0 Å². The first-order valence-electron chi connectivity index (χ1n) is 7.92. The first kappa shape index (κ1) is 15.0. The fraction of sp³-hybridized carbons (Fsp3) is 0.812. The van der Waals surface area contributed by atoms with Crippen LogP contribution in [0.1, 0.15) is 69.7 Å². The molecule has 19 heavy (non-hydrogen) atoms. The minimum Gasteiger partial charge on any atom is -0.313 e. The summed E-state index contributed by atoms with van der Waals surface area (Å²) in [6.45, 7) is 5.68. The Morgan fingerprint density at radius 3 is 3.00 bits per heavy atom. The lowest BCUT2D eigenvalue weighted by Crippen LogP contribution is -2.31. The second kappa shape index (κ2) is 8.01. The van der Waals surface area contributed by atoms with E-state index >= 15 is 0 Å². The molecule has 0 spiro atoms. The predicted molar refractivity (Wildman–Crippen MR) is 83.8 cm³/mol. The Morgan fingerprint density at radius 1 is 1.37 bits per heavy atom. The SMILES string of the molecule is CCCC1CCCC(NCC(C)c2nccs2)CC1. The fourth-order valence-electron chi connectivity index (χ4n) is 3.19. The molecule has 0 bridgehead atoms. The Kier molecular flexibility index (Phi) is 6.32. The summed E-state index contributed by atoms with van der Waals surface area (Å²) in [5.74, 6) is 1.54. The van der Waals surface area contributed by atoms with Crippen LogP contribution in [0.5, 0.6) is 0 Å². The van der Waals surface area contributed by atoms with E-state index in [2.05, 4.69) is 29.5 Å². The van der Waals surface area contributed by atoms with Gasteiger partial charge >= 0.3 is 0 Å². The molecule has 1 aliphatic carbocycles. The number of nitrogens with zero attached hydrogens (tertiary/aromatic N) is 1. The van der Waals surface area contributed by atoms with Crippen molar-refractivity contribution in [2.45, 2.75) is 70.8 Å². The van der Waals surface area contributed by atoms with Gasteiger partial charge in [0.25, 0.3) is 0 Å². The maximum atomic E-state index is 4.41. The van der Waals surface area contributed by atoms with Gasteiger partial charge in [-0.05, 0) is 25.2 Å². The maximum absolute atomic E-state index is 4.41. The van der Waals surface area contributed by atoms with Crippen LogP contribution < -0.4 is 5.32 Å². The molecule has 108 valence electrons. The second-order valence-electron chi connectivity index (χ2n) is 6.04. The molecule has 1 heterocycles. The molecular weight excluding hydrogens is 252 g/mol. The standard InChI is InChI=1S/C16H28N2S/c1-3-5-14-6-4-7-15(9-8-14)18-12-13(2)16-17-10-11-19-16/h10-11,13-15,18H,3-9,12H2,1-2H3. The van der Waals surface area contributed by atoms with Crippen molar-refractivity contribution in [3.63, 3.8) is 0 Å². The van der Waals surface area contributed by atoms with Gasteiger partial charge in [-0.15, -0.1) is 11.3 Å². The Hall–Kier alpha value is -0.410. The minimum absolute atomic E-state index is 0.551. The molecule has 0 saturated heterocycles. The number of thiazole rings is 1. The molecule has 0 aromatic carbocycles. The molecule has 1 fully saturated rings. The van der Waals surface area contributed by atoms with Gasteiger partial charge in [-0.1, -0.05) is 39.5 Å². The Bertz CT molecular complexity index is 337. The number of hydrogen-bond donors (Lipinski definition) is 1. The first-order valence-corrected chi connectivity index (χ1v) is 8.80. The van der Waals surface area contributed by atoms with Crippen LogP contribution in [-0.2, 0) is 0 Å². The predicted octanol–water partition coefficient (Wildman–Crippen LogP) is 4.59. The molecule has 0 aliphatic heterocycles. The van der Waals surface area contributed by atoms with Gasteiger partial charge in [-0.2, -0.15) is 0 Å². The Balaban J connectivity index is 1.71. The van der Waals surface area contributed by atoms with Crippen molar-refractivity contribution in [1.29, 1.82) is 0 Å². The third-order valence-corrected chi connectivity index (χ3v) is 5.38. The van der Waals surface area contributed by atoms with Crippen molar-refractivity contribution in [2.75, 3.05) is 6.54 Å². The van der Waals surface area contributed by atoms with Crippen molar-refractivity contribution in [2.24, 2.45) is 5.92 Å². The number of aromatic nitrogens is 1. The van der Waals surface area contributed by atoms with Crippen molar-refractivity contribution < 1.29 is 0 Å². The van der Waals surface area contributed by atoms with Crippen molar-refractivity contribution in [1.82, 2.24) is 10.3 Å². The number of rotatable bonds is 6. The highest BCUT2D eigenvalue weighted by Crippen LogP contribution is 2.27. The Labute approximate surface area is 122 Å². The summed E-state index contributed by atoms with van der Waals surface area (Å²) >= 11 is 1.78. The summed E-state index contributed by atoms with van der Waals surface area (Å²) in [4.78, 5) is 4.41. The molecule has 1 aromatic heterocycles. The van der Waals surface area contributed by atoms with E-state index in [9.17, 15) is 0 Å². The van der Waals surface area contributed by atoms with Gasteiger partial charge < -0.3 is 5.32 Å². The van der Waals surface area contributed by atoms with Gasteiger partial charge in [0, 0.05) is 30.1 Å². The zero-order chi connectivity index (χ0) is 13.5. The summed E-state index contributed by atoms with van der Waals surface area (Å²) in [7, 11) is 0. The zero-order valence-electron chi connectivity index (χ0n) is 12.4. The molecule has 2 nitrogen and oxygen atoms in total. The molecule has 2 rings (SSSR count). The van der Waals surface area contributed by atoms with Gasteiger partial charge in [-0.25, -0.2) is 4.98 Å². The van der Waals surface area contributed by atoms with Crippen molar-refractivity contribution in [3.05, 3.63) is 16.6 Å². The van der Waals surface area contributed by atoms with E-state index in [1.165, 1.54) is 50.0 Å². The van der Waals surface area contributed by atoms with Gasteiger partial charge in [-0.3, -0.25) is 0 Å². The Morgan fingerprint density at radius 2 is 2.26 bits per heavy atom. The van der Waals surface area contributed by atoms with Crippen LogP contribution in [0.3, 0.4) is 0 Å². The minimum atomic E-state index is 0.551. The third kappa shape index (κ3) is 4.88. The highest BCUT2D eigenvalue weighted by Gasteiger charge is 2.19. The highest BCUT2D eigenvalue weighted by molar-refractivity contribution is 7.09. The van der Waals surface area contributed by atoms with E-state index < -0.39 is 0 Å². The van der Waals surface area contributed by atoms with E-state index in [-0.39, 0.29) is 0 Å². The molecule has 1 aliphatic rings. The smallest absolute Gasteiger partial charge is 0.0965 e. The largest absolute Gasteiger partial charge is 0.313 e. The molecule has 0 radical (unpaired) electrons. The summed E-state index contributed by atoms with van der Waals surface area (Å²) in [5.41, 5.74) is 0. The van der Waals surface area contributed by atoms with Crippen LogP contribution in [0.4, 0.5) is 0 Å². The number of nitrogens with one attached hydrogen (secondary N) is 1. The lowest BCUT2D eigenvalue weighted by Gasteiger charge is -2.19. The molecule has 0 amide bonds. The first-order chi connectivity index (χ1) is 9.29. The van der Waals surface area contributed by atoms with E-state index in [0.717, 1.165) is 18.5 Å². The molecule has 1 aromatic rings. The summed E-state index contributed by atoms with van der Waals surface area (Å²) in [5, 5.41) is 7.12. The summed E-state index contributed by atoms with van der Waals surface area (Å²) in [6, 6.07) is 0.740. The molecule has 1 N–H and O–H groups in total. The molecule has 1 saturated carbocycles. The van der Waals surface area contributed by atoms with Gasteiger partial charge in [0.1, 0.15) is 0 Å². The fourth-order valence-corrected chi connectivity index (χ4v) is 3.89. The molecular formula is C16H28N2S. The van der Waals surface area contributed by atoms with Crippen LogP contribution in [0.25, 0.3) is 0 Å². The van der Waals surface area contributed by atoms with Crippen molar-refractivity contribution >= 4 is 11.3 Å². The van der Waals surface area contributed by atoms with Crippen LogP contribution in [0.2, 0.25) is 0 Å². The second-order valence-corrected chi connectivity index (χ2v) is 6.97. The van der Waals surface area contributed by atoms with Crippen LogP contribution >= 0.6 is 11.3 Å². The van der Waals surface area contributed by atoms with Crippen LogP contribution in [0, 0.1) is 5.92 Å². The van der Waals surface area contributed by atoms with E-state index in [1.807, 2.05) is 6.20 Å². The summed E-state index contributed by atoms with van der Waals surface area (Å²) in [6.07, 6.45) is 11.7. The van der Waals surface area contributed by atoms with E-state index in [4.69, 9.17) is 0 Å². The van der Waals surface area contributed by atoms with Crippen LogP contribution in [-0.4, -0.2) is 17.6 Å². The summed E-state index contributed by atoms with van der Waals surface area (Å²) < 4.78 is 0. The van der Waals surface area contributed by atoms with Gasteiger partial charge in [0.05, 0.1) is 5.01 Å². The molecule has 3 heteroatoms. The topological polar surface area (TPSA) is 24.9 Å². The normalized spacial score (nSPS) is 26.0. The van der Waals surface area contributed by atoms with Crippen molar-refractivity contribution in [3.8, 4) is 0 Å². The maximum Gasteiger partial charge on any atom is 0.0965 e.